The molecule has 0 saturated carbocycles. The number of aliphatic hydroxyl groups excluding tert-OH is 1. The Balaban J connectivity index is 2.50. The van der Waals surface area contributed by atoms with Gasteiger partial charge in [-0.3, -0.25) is 0 Å². The summed E-state index contributed by atoms with van der Waals surface area (Å²) >= 11 is 1.36. The smallest absolute Gasteiger partial charge is 0.116 e. The monoisotopic (exact) mass is 201 g/mol. The predicted octanol–water partition coefficient (Wildman–Crippen LogP) is 1.69. The molecule has 0 aliphatic carbocycles. The first-order valence-corrected chi connectivity index (χ1v) is 4.94. The second-order valence-electron chi connectivity index (χ2n) is 2.66. The van der Waals surface area contributed by atoms with E-state index in [0.29, 0.717) is 11.4 Å². The first kappa shape index (κ1) is 10.3. The third-order valence-corrected chi connectivity index (χ3v) is 2.76. The Bertz CT molecular complexity index is 270. The molecule has 2 nitrogen and oxygen atoms in total. The van der Waals surface area contributed by atoms with E-state index in [-0.39, 0.29) is 0 Å². The van der Waals surface area contributed by atoms with Crippen molar-refractivity contribution >= 4 is 17.4 Å². The van der Waals surface area contributed by atoms with Crippen LogP contribution in [0.15, 0.2) is 29.2 Å². The van der Waals surface area contributed by atoms with Crippen LogP contribution in [0.2, 0.25) is 0 Å². The molecule has 0 spiro atoms. The van der Waals surface area contributed by atoms with Crippen molar-refractivity contribution in [3.8, 4) is 0 Å². The highest BCUT2D eigenvalue weighted by Gasteiger charge is 2.05. The lowest BCUT2D eigenvalue weighted by atomic mass is 10.3. The Hall–Kier alpha value is -0.740. The van der Waals surface area contributed by atoms with E-state index < -0.39 is 12.8 Å². The molecular formula is C9H12FNOS. The minimum atomic E-state index is -0.899. The number of aliphatic hydroxyl groups is 1. The van der Waals surface area contributed by atoms with Crippen LogP contribution in [-0.2, 0) is 0 Å². The van der Waals surface area contributed by atoms with E-state index in [1.165, 1.54) is 11.8 Å². The maximum atomic E-state index is 11.9. The molecule has 0 fully saturated rings. The Morgan fingerprint density at radius 2 is 2.15 bits per heavy atom. The highest BCUT2D eigenvalue weighted by Crippen LogP contribution is 2.24. The molecule has 3 N–H and O–H groups in total. The van der Waals surface area contributed by atoms with Gasteiger partial charge in [-0.2, -0.15) is 0 Å². The Morgan fingerprint density at radius 1 is 1.46 bits per heavy atom. The molecule has 1 aromatic carbocycles. The second-order valence-corrected chi connectivity index (χ2v) is 3.72. The second kappa shape index (κ2) is 5.09. The summed E-state index contributed by atoms with van der Waals surface area (Å²) < 4.78 is 11.9. The largest absolute Gasteiger partial charge is 0.398 e. The molecular weight excluding hydrogens is 189 g/mol. The molecule has 72 valence electrons. The molecule has 0 saturated heterocycles. The van der Waals surface area contributed by atoms with Crippen LogP contribution in [-0.4, -0.2) is 23.6 Å². The van der Waals surface area contributed by atoms with Crippen molar-refractivity contribution in [1.82, 2.24) is 0 Å². The van der Waals surface area contributed by atoms with Crippen molar-refractivity contribution in [2.24, 2.45) is 0 Å². The highest BCUT2D eigenvalue weighted by molar-refractivity contribution is 7.99. The van der Waals surface area contributed by atoms with Crippen LogP contribution in [0.4, 0.5) is 10.1 Å². The number of thioether (sulfide) groups is 1. The Kier molecular flexibility index (Phi) is 4.05. The zero-order valence-electron chi connectivity index (χ0n) is 7.11. The summed E-state index contributed by atoms with van der Waals surface area (Å²) in [5.41, 5.74) is 6.32. The lowest BCUT2D eigenvalue weighted by Gasteiger charge is -2.07. The fourth-order valence-electron chi connectivity index (χ4n) is 0.842. The van der Waals surface area contributed by atoms with Gasteiger partial charge in [-0.1, -0.05) is 12.1 Å². The van der Waals surface area contributed by atoms with Crippen LogP contribution >= 0.6 is 11.8 Å². The number of hydrogen-bond donors (Lipinski definition) is 2. The third-order valence-electron chi connectivity index (χ3n) is 1.53. The quantitative estimate of drug-likeness (QED) is 0.575. The SMILES string of the molecule is Nc1ccccc1SCC(O)CF. The van der Waals surface area contributed by atoms with Gasteiger partial charge in [0, 0.05) is 16.3 Å². The number of halogens is 1. The summed E-state index contributed by atoms with van der Waals surface area (Å²) in [6.07, 6.45) is -0.899. The topological polar surface area (TPSA) is 46.2 Å². The van der Waals surface area contributed by atoms with Crippen molar-refractivity contribution in [3.63, 3.8) is 0 Å². The number of alkyl halides is 1. The number of para-hydroxylation sites is 1. The molecule has 0 bridgehead atoms. The van der Waals surface area contributed by atoms with Gasteiger partial charge in [-0.15, -0.1) is 11.8 Å². The third kappa shape index (κ3) is 3.24. The molecule has 1 atom stereocenters. The van der Waals surface area contributed by atoms with Gasteiger partial charge in [0.1, 0.15) is 6.67 Å². The summed E-state index contributed by atoms with van der Waals surface area (Å²) in [5.74, 6) is 0.338. The van der Waals surface area contributed by atoms with Crippen molar-refractivity contribution in [3.05, 3.63) is 24.3 Å². The summed E-state index contributed by atoms with van der Waals surface area (Å²) in [5, 5.41) is 8.97. The van der Waals surface area contributed by atoms with Crippen molar-refractivity contribution in [2.45, 2.75) is 11.0 Å². The Labute approximate surface area is 80.9 Å². The zero-order valence-corrected chi connectivity index (χ0v) is 7.93. The standard InChI is InChI=1S/C9H12FNOS/c10-5-7(12)6-13-9-4-2-1-3-8(9)11/h1-4,7,12H,5-6,11H2. The van der Waals surface area contributed by atoms with Crippen molar-refractivity contribution < 1.29 is 9.50 Å². The molecule has 0 amide bonds. The molecule has 4 heteroatoms. The van der Waals surface area contributed by atoms with E-state index in [1.807, 2.05) is 18.2 Å². The molecule has 13 heavy (non-hydrogen) atoms. The minimum absolute atomic E-state index is 0.338. The fraction of sp³-hybridized carbons (Fsp3) is 0.333. The minimum Gasteiger partial charge on any atom is -0.398 e. The van der Waals surface area contributed by atoms with Gasteiger partial charge in [0.25, 0.3) is 0 Å². The normalized spacial score (nSPS) is 12.8. The number of anilines is 1. The number of nitrogens with two attached hydrogens (primary N) is 1. The van der Waals surface area contributed by atoms with Crippen LogP contribution in [0.25, 0.3) is 0 Å². The average Bonchev–Trinajstić information content (AvgIpc) is 2.16. The number of nitrogen functional groups attached to an aromatic ring is 1. The molecule has 0 radical (unpaired) electrons. The van der Waals surface area contributed by atoms with Gasteiger partial charge >= 0.3 is 0 Å². The van der Waals surface area contributed by atoms with Crippen molar-refractivity contribution in [1.29, 1.82) is 0 Å². The molecule has 1 rings (SSSR count). The van der Waals surface area contributed by atoms with Crippen LogP contribution in [0.1, 0.15) is 0 Å². The van der Waals surface area contributed by atoms with Crippen LogP contribution in [0, 0.1) is 0 Å². The van der Waals surface area contributed by atoms with E-state index in [4.69, 9.17) is 10.8 Å². The average molecular weight is 201 g/mol. The Morgan fingerprint density at radius 3 is 2.77 bits per heavy atom. The number of hydrogen-bond acceptors (Lipinski definition) is 3. The van der Waals surface area contributed by atoms with Gasteiger partial charge in [0.05, 0.1) is 6.10 Å². The first-order valence-electron chi connectivity index (χ1n) is 3.95. The van der Waals surface area contributed by atoms with E-state index in [9.17, 15) is 4.39 Å². The van der Waals surface area contributed by atoms with Crippen LogP contribution in [0.5, 0.6) is 0 Å². The lowest BCUT2D eigenvalue weighted by molar-refractivity contribution is 0.162. The molecule has 1 unspecified atom stereocenters. The van der Waals surface area contributed by atoms with E-state index in [1.54, 1.807) is 6.07 Å². The van der Waals surface area contributed by atoms with Gasteiger partial charge in [-0.25, -0.2) is 4.39 Å². The summed E-state index contributed by atoms with van der Waals surface area (Å²) in [6, 6.07) is 7.33. The maximum absolute atomic E-state index is 11.9. The summed E-state index contributed by atoms with van der Waals surface area (Å²) in [6.45, 7) is -0.709. The zero-order chi connectivity index (χ0) is 9.68. The molecule has 1 aromatic rings. The predicted molar refractivity (Wildman–Crippen MR) is 53.6 cm³/mol. The van der Waals surface area contributed by atoms with E-state index in [2.05, 4.69) is 0 Å². The fourth-order valence-corrected chi connectivity index (χ4v) is 1.71. The molecule has 0 aromatic heterocycles. The van der Waals surface area contributed by atoms with Gasteiger partial charge < -0.3 is 10.8 Å². The lowest BCUT2D eigenvalue weighted by Crippen LogP contribution is -2.11. The molecule has 0 heterocycles. The van der Waals surface area contributed by atoms with Gasteiger partial charge in [-0.05, 0) is 12.1 Å². The van der Waals surface area contributed by atoms with E-state index in [0.717, 1.165) is 4.90 Å². The van der Waals surface area contributed by atoms with Crippen LogP contribution < -0.4 is 5.73 Å². The molecule has 0 aliphatic heterocycles. The number of rotatable bonds is 4. The first-order chi connectivity index (χ1) is 6.24. The van der Waals surface area contributed by atoms with Gasteiger partial charge in [0.15, 0.2) is 0 Å². The molecule has 0 aliphatic rings. The summed E-state index contributed by atoms with van der Waals surface area (Å²) in [7, 11) is 0. The van der Waals surface area contributed by atoms with Crippen LogP contribution in [0.3, 0.4) is 0 Å². The summed E-state index contributed by atoms with van der Waals surface area (Å²) in [4.78, 5) is 0.884. The number of benzene rings is 1. The van der Waals surface area contributed by atoms with E-state index >= 15 is 0 Å². The van der Waals surface area contributed by atoms with Crippen molar-refractivity contribution in [2.75, 3.05) is 18.2 Å². The maximum Gasteiger partial charge on any atom is 0.116 e. The highest BCUT2D eigenvalue weighted by atomic mass is 32.2. The van der Waals surface area contributed by atoms with Gasteiger partial charge in [0.2, 0.25) is 0 Å².